The second-order valence-electron chi connectivity index (χ2n) is 8.85. The van der Waals surface area contributed by atoms with Gasteiger partial charge in [0, 0.05) is 23.4 Å². The Kier molecular flexibility index (Phi) is 8.15. The molecule has 0 saturated carbocycles. The van der Waals surface area contributed by atoms with E-state index in [1.165, 1.54) is 0 Å². The van der Waals surface area contributed by atoms with E-state index in [-0.39, 0.29) is 12.1 Å². The van der Waals surface area contributed by atoms with E-state index in [0.29, 0.717) is 0 Å². The summed E-state index contributed by atoms with van der Waals surface area (Å²) in [6.07, 6.45) is -2.47. The molecule has 0 aliphatic heterocycles. The summed E-state index contributed by atoms with van der Waals surface area (Å²) in [5.74, 6) is -0.0799. The third kappa shape index (κ3) is 5.64. The molecule has 38 heavy (non-hydrogen) atoms. The molecule has 0 atom stereocenters. The van der Waals surface area contributed by atoms with Gasteiger partial charge in [-0.3, -0.25) is 9.31 Å². The maximum atomic E-state index is 13.8. The number of carbonyl (C=O) groups excluding carboxylic acids is 1. The molecule has 1 amide bonds. The molecule has 5 aromatic carbocycles. The first-order valence-corrected chi connectivity index (χ1v) is 17.1. The normalized spacial score (nSPS) is 11.5. The quantitative estimate of drug-likeness (QED) is 0.224. The van der Waals surface area contributed by atoms with Crippen molar-refractivity contribution in [1.29, 1.82) is 0 Å². The predicted molar refractivity (Wildman–Crippen MR) is 168 cm³/mol. The summed E-state index contributed by atoms with van der Waals surface area (Å²) in [6, 6.07) is 50.4. The monoisotopic (exact) mass is 550 g/mol. The summed E-state index contributed by atoms with van der Waals surface area (Å²) in [7, 11) is -2.69. The Labute approximate surface area is 229 Å². The summed E-state index contributed by atoms with van der Waals surface area (Å²) in [4.78, 5) is 13.8. The summed E-state index contributed by atoms with van der Waals surface area (Å²) in [6.45, 7) is 0. The average molecular weight is 551 g/mol. The van der Waals surface area contributed by atoms with Crippen LogP contribution in [0.25, 0.3) is 0 Å². The zero-order valence-electron chi connectivity index (χ0n) is 20.8. The fourth-order valence-electron chi connectivity index (χ4n) is 4.47. The van der Waals surface area contributed by atoms with Gasteiger partial charge >= 0.3 is 0 Å². The topological polar surface area (TPSA) is 41.5 Å². The third-order valence-electron chi connectivity index (χ3n) is 6.29. The van der Waals surface area contributed by atoms with Crippen LogP contribution in [0.3, 0.4) is 0 Å². The number of carbonyl (C=O) groups is 1. The number of hydrogen-bond donors (Lipinski definition) is 1. The molecular weight excluding hydrogens is 522 g/mol. The smallest absolute Gasteiger partial charge is 0.230 e. The molecule has 0 aromatic heterocycles. The predicted octanol–water partition coefficient (Wildman–Crippen LogP) is 6.52. The Bertz CT molecular complexity index is 1510. The van der Waals surface area contributed by atoms with Crippen molar-refractivity contribution < 1.29 is 4.79 Å². The molecule has 0 aliphatic rings. The molecule has 0 aliphatic carbocycles. The SMILES string of the molecule is O=C(CP(=NP(=S)(c1ccccc1)c1ccccc1)(c1ccccc1)c1ccccc1)Nc1ccccc1. The van der Waals surface area contributed by atoms with E-state index in [2.05, 4.69) is 53.8 Å². The number of para-hydroxylation sites is 1. The van der Waals surface area contributed by atoms with Crippen molar-refractivity contribution >= 4 is 57.9 Å². The molecule has 1 N–H and O–H groups in total. The van der Waals surface area contributed by atoms with Crippen molar-refractivity contribution in [3.63, 3.8) is 0 Å². The minimum atomic E-state index is -2.69. The maximum absolute atomic E-state index is 13.8. The Morgan fingerprint density at radius 1 is 0.553 bits per heavy atom. The first kappa shape index (κ1) is 26.1. The van der Waals surface area contributed by atoms with Crippen molar-refractivity contribution in [2.45, 2.75) is 0 Å². The van der Waals surface area contributed by atoms with E-state index < -0.39 is 13.2 Å². The molecule has 0 fully saturated rings. The third-order valence-corrected chi connectivity index (χ3v) is 15.5. The summed E-state index contributed by atoms with van der Waals surface area (Å²) >= 11 is 6.61. The molecule has 0 heterocycles. The van der Waals surface area contributed by atoms with E-state index in [9.17, 15) is 4.79 Å². The van der Waals surface area contributed by atoms with Gasteiger partial charge in [-0.15, -0.1) is 0 Å². The van der Waals surface area contributed by atoms with Gasteiger partial charge in [-0.25, -0.2) is 0 Å². The van der Waals surface area contributed by atoms with Crippen LogP contribution < -0.4 is 26.5 Å². The zero-order chi connectivity index (χ0) is 26.3. The highest BCUT2D eigenvalue weighted by Gasteiger charge is 2.33. The van der Waals surface area contributed by atoms with Crippen molar-refractivity contribution in [2.75, 3.05) is 11.5 Å². The maximum Gasteiger partial charge on any atom is 0.230 e. The van der Waals surface area contributed by atoms with Gasteiger partial charge in [-0.05, 0) is 22.7 Å². The van der Waals surface area contributed by atoms with Gasteiger partial charge in [-0.2, -0.15) is 0 Å². The minimum absolute atomic E-state index is 0.0799. The van der Waals surface area contributed by atoms with Crippen molar-refractivity contribution in [3.8, 4) is 0 Å². The number of hydrogen-bond acceptors (Lipinski definition) is 2. The summed E-state index contributed by atoms with van der Waals surface area (Å²) < 4.78 is 5.78. The fourth-order valence-corrected chi connectivity index (χ4v) is 13.9. The highest BCUT2D eigenvalue weighted by atomic mass is 32.4. The Morgan fingerprint density at radius 2 is 0.895 bits per heavy atom. The zero-order valence-corrected chi connectivity index (χ0v) is 23.4. The summed E-state index contributed by atoms with van der Waals surface area (Å²) in [5.41, 5.74) is 0.766. The highest BCUT2D eigenvalue weighted by molar-refractivity contribution is 8.22. The minimum Gasteiger partial charge on any atom is -0.326 e. The van der Waals surface area contributed by atoms with Crippen molar-refractivity contribution in [1.82, 2.24) is 0 Å². The van der Waals surface area contributed by atoms with Gasteiger partial charge < -0.3 is 5.32 Å². The van der Waals surface area contributed by atoms with Crippen LogP contribution in [-0.2, 0) is 16.6 Å². The summed E-state index contributed by atoms with van der Waals surface area (Å²) in [5, 5.41) is 7.21. The molecule has 0 saturated heterocycles. The van der Waals surface area contributed by atoms with E-state index in [0.717, 1.165) is 26.9 Å². The molecule has 3 nitrogen and oxygen atoms in total. The van der Waals surface area contributed by atoms with Crippen LogP contribution in [-0.4, -0.2) is 12.1 Å². The molecule has 5 aromatic rings. The van der Waals surface area contributed by atoms with Crippen LogP contribution in [0.5, 0.6) is 0 Å². The molecule has 5 rings (SSSR count). The lowest BCUT2D eigenvalue weighted by Crippen LogP contribution is -2.27. The Balaban J connectivity index is 1.80. The van der Waals surface area contributed by atoms with Gasteiger partial charge in [0.2, 0.25) is 5.91 Å². The average Bonchev–Trinajstić information content (AvgIpc) is 2.99. The van der Waals surface area contributed by atoms with Crippen LogP contribution in [0.15, 0.2) is 156 Å². The highest BCUT2D eigenvalue weighted by Crippen LogP contribution is 2.60. The van der Waals surface area contributed by atoms with Crippen LogP contribution in [0, 0.1) is 0 Å². The lowest BCUT2D eigenvalue weighted by molar-refractivity contribution is -0.113. The molecular formula is C32H28N2OP2S. The first-order chi connectivity index (χ1) is 18.6. The van der Waals surface area contributed by atoms with Crippen LogP contribution in [0.1, 0.15) is 0 Å². The number of nitrogens with zero attached hydrogens (tertiary/aromatic N) is 1. The first-order valence-electron chi connectivity index (χ1n) is 12.4. The van der Waals surface area contributed by atoms with Crippen molar-refractivity contribution in [2.24, 2.45) is 4.52 Å². The van der Waals surface area contributed by atoms with Gasteiger partial charge in [-0.1, -0.05) is 151 Å². The van der Waals surface area contributed by atoms with E-state index in [1.807, 2.05) is 103 Å². The Morgan fingerprint density at radius 3 is 1.29 bits per heavy atom. The lowest BCUT2D eigenvalue weighted by Gasteiger charge is -2.30. The van der Waals surface area contributed by atoms with Crippen molar-refractivity contribution in [3.05, 3.63) is 152 Å². The van der Waals surface area contributed by atoms with Crippen LogP contribution in [0.2, 0.25) is 0 Å². The lowest BCUT2D eigenvalue weighted by atomic mass is 10.3. The van der Waals surface area contributed by atoms with Crippen LogP contribution in [0.4, 0.5) is 5.69 Å². The molecule has 6 heteroatoms. The van der Waals surface area contributed by atoms with Gasteiger partial charge in [0.15, 0.2) is 0 Å². The fraction of sp³-hybridized carbons (Fsp3) is 0.0312. The standard InChI is InChI=1S/C32H28N2OP2S/c35-32(33-27-16-6-1-7-17-27)26-36(28-18-8-2-9-19-28,29-20-10-3-11-21-29)34-37(38,30-22-12-4-13-23-30)31-24-14-5-15-25-31/h1-25H,26H2,(H,33,35). The van der Waals surface area contributed by atoms with Gasteiger partial charge in [0.05, 0.1) is 6.16 Å². The van der Waals surface area contributed by atoms with Gasteiger partial charge in [0.1, 0.15) is 6.19 Å². The van der Waals surface area contributed by atoms with E-state index >= 15 is 0 Å². The van der Waals surface area contributed by atoms with E-state index in [1.54, 1.807) is 0 Å². The molecule has 188 valence electrons. The number of anilines is 1. The van der Waals surface area contributed by atoms with Crippen LogP contribution >= 0.6 is 13.2 Å². The molecule has 0 unspecified atom stereocenters. The van der Waals surface area contributed by atoms with E-state index in [4.69, 9.17) is 16.3 Å². The number of nitrogens with one attached hydrogen (secondary N) is 1. The number of amides is 1. The number of rotatable bonds is 8. The van der Waals surface area contributed by atoms with Gasteiger partial charge in [0.25, 0.3) is 0 Å². The molecule has 0 bridgehead atoms. The number of benzene rings is 5. The second kappa shape index (κ2) is 11.9. The molecule has 0 radical (unpaired) electrons. The Hall–Kier alpha value is -3.55. The largest absolute Gasteiger partial charge is 0.326 e. The second-order valence-corrected chi connectivity index (χ2v) is 16.2. The molecule has 0 spiro atoms.